The minimum absolute atomic E-state index is 0.267. The maximum Gasteiger partial charge on any atom is 0.241 e. The van der Waals surface area contributed by atoms with Gasteiger partial charge < -0.3 is 4.52 Å². The fourth-order valence-electron chi connectivity index (χ4n) is 3.20. The zero-order valence-corrected chi connectivity index (χ0v) is 14.0. The Bertz CT molecular complexity index is 847. The first-order valence-electron chi connectivity index (χ1n) is 8.34. The van der Waals surface area contributed by atoms with Gasteiger partial charge in [-0.1, -0.05) is 17.3 Å². The summed E-state index contributed by atoms with van der Waals surface area (Å²) in [5, 5.41) is 8.17. The van der Waals surface area contributed by atoms with Crippen LogP contribution in [0.25, 0.3) is 11.4 Å². The monoisotopic (exact) mass is 342 g/mol. The van der Waals surface area contributed by atoms with Gasteiger partial charge >= 0.3 is 0 Å². The van der Waals surface area contributed by atoms with Crippen LogP contribution in [0.3, 0.4) is 0 Å². The predicted octanol–water partition coefficient (Wildman–Crippen LogP) is 2.44. The van der Waals surface area contributed by atoms with E-state index >= 15 is 0 Å². The van der Waals surface area contributed by atoms with Crippen LogP contribution in [0.2, 0.25) is 0 Å². The zero-order valence-electron chi connectivity index (χ0n) is 14.0. The molecule has 0 amide bonds. The van der Waals surface area contributed by atoms with Crippen molar-refractivity contribution in [2.75, 3.05) is 6.54 Å². The topological polar surface area (TPSA) is 72.9 Å². The molecule has 0 bridgehead atoms. The number of aromatic nitrogens is 5. The van der Waals surface area contributed by atoms with Gasteiger partial charge in [0.25, 0.3) is 0 Å². The van der Waals surface area contributed by atoms with E-state index < -0.39 is 0 Å². The van der Waals surface area contributed by atoms with Crippen LogP contribution in [0.1, 0.15) is 24.3 Å². The van der Waals surface area contributed by atoms with Gasteiger partial charge in [-0.15, -0.1) is 0 Å². The second-order valence-electron chi connectivity index (χ2n) is 6.36. The maximum absolute atomic E-state index is 13.7. The van der Waals surface area contributed by atoms with E-state index in [0.717, 1.165) is 25.9 Å². The molecule has 1 aromatic carbocycles. The molecule has 0 saturated carbocycles. The fourth-order valence-corrected chi connectivity index (χ4v) is 3.20. The van der Waals surface area contributed by atoms with Gasteiger partial charge in [0.15, 0.2) is 0 Å². The second-order valence-corrected chi connectivity index (χ2v) is 6.36. The van der Waals surface area contributed by atoms with Gasteiger partial charge in [0.2, 0.25) is 11.7 Å². The van der Waals surface area contributed by atoms with Crippen molar-refractivity contribution in [1.82, 2.24) is 29.8 Å². The molecule has 1 saturated heterocycles. The summed E-state index contributed by atoms with van der Waals surface area (Å²) in [6.45, 7) is 4.09. The molecule has 3 aromatic rings. The average Bonchev–Trinajstić information content (AvgIpc) is 3.34. The van der Waals surface area contributed by atoms with Crippen molar-refractivity contribution >= 4 is 0 Å². The number of rotatable bonds is 5. The summed E-state index contributed by atoms with van der Waals surface area (Å²) in [6, 6.07) is 5.33. The first-order chi connectivity index (χ1) is 12.2. The van der Waals surface area contributed by atoms with Gasteiger partial charge in [0, 0.05) is 11.6 Å². The van der Waals surface area contributed by atoms with Crippen molar-refractivity contribution in [3.05, 3.63) is 48.1 Å². The molecule has 3 heterocycles. The van der Waals surface area contributed by atoms with Crippen molar-refractivity contribution in [2.45, 2.75) is 38.9 Å². The number of hydrogen-bond acceptors (Lipinski definition) is 6. The lowest BCUT2D eigenvalue weighted by atomic mass is 10.1. The summed E-state index contributed by atoms with van der Waals surface area (Å²) >= 11 is 0. The number of hydrogen-bond donors (Lipinski definition) is 0. The SMILES string of the molecule is Cc1ccc(-c2noc(CN3CCC[C@@H]3Cn3cncn3)n2)cc1F. The van der Waals surface area contributed by atoms with Crippen LogP contribution in [0.4, 0.5) is 4.39 Å². The first-order valence-corrected chi connectivity index (χ1v) is 8.34. The number of halogens is 1. The Morgan fingerprint density at radius 1 is 1.36 bits per heavy atom. The Hall–Kier alpha value is -2.61. The summed E-state index contributed by atoms with van der Waals surface area (Å²) in [5.74, 6) is 0.693. The third-order valence-electron chi connectivity index (χ3n) is 4.60. The largest absolute Gasteiger partial charge is 0.338 e. The van der Waals surface area contributed by atoms with E-state index in [1.807, 2.05) is 4.68 Å². The highest BCUT2D eigenvalue weighted by Gasteiger charge is 2.27. The Morgan fingerprint density at radius 2 is 2.28 bits per heavy atom. The summed E-state index contributed by atoms with van der Waals surface area (Å²) in [4.78, 5) is 10.7. The molecule has 0 radical (unpaired) electrons. The Labute approximate surface area is 144 Å². The maximum atomic E-state index is 13.7. The minimum Gasteiger partial charge on any atom is -0.338 e. The predicted molar refractivity (Wildman–Crippen MR) is 87.9 cm³/mol. The van der Waals surface area contributed by atoms with Gasteiger partial charge in [0.05, 0.1) is 13.1 Å². The molecule has 1 fully saturated rings. The smallest absolute Gasteiger partial charge is 0.241 e. The lowest BCUT2D eigenvalue weighted by molar-refractivity contribution is 0.192. The third-order valence-corrected chi connectivity index (χ3v) is 4.60. The molecule has 1 aliphatic heterocycles. The Balaban J connectivity index is 1.46. The van der Waals surface area contributed by atoms with E-state index in [9.17, 15) is 4.39 Å². The molecule has 0 N–H and O–H groups in total. The third kappa shape index (κ3) is 3.43. The van der Waals surface area contributed by atoms with Crippen molar-refractivity contribution in [1.29, 1.82) is 0 Å². The molecule has 4 rings (SSSR count). The van der Waals surface area contributed by atoms with E-state index in [1.54, 1.807) is 31.7 Å². The minimum atomic E-state index is -0.267. The van der Waals surface area contributed by atoms with Crippen molar-refractivity contribution in [3.8, 4) is 11.4 Å². The van der Waals surface area contributed by atoms with Crippen LogP contribution in [-0.2, 0) is 13.1 Å². The lowest BCUT2D eigenvalue weighted by Gasteiger charge is -2.22. The van der Waals surface area contributed by atoms with Crippen LogP contribution in [-0.4, -0.2) is 42.4 Å². The van der Waals surface area contributed by atoms with Gasteiger partial charge in [0.1, 0.15) is 18.5 Å². The summed E-state index contributed by atoms with van der Waals surface area (Å²) in [6.07, 6.45) is 5.51. The Morgan fingerprint density at radius 3 is 3.08 bits per heavy atom. The number of benzene rings is 1. The molecule has 130 valence electrons. The normalized spacial score (nSPS) is 18.1. The van der Waals surface area contributed by atoms with E-state index in [4.69, 9.17) is 4.52 Å². The Kier molecular flexibility index (Phi) is 4.27. The van der Waals surface area contributed by atoms with Gasteiger partial charge in [-0.2, -0.15) is 10.1 Å². The number of aryl methyl sites for hydroxylation is 1. The standard InChI is InChI=1S/C17H19FN6O/c1-12-4-5-13(7-15(12)18)17-21-16(25-22-17)9-23-6-2-3-14(23)8-24-11-19-10-20-24/h4-5,7,10-11,14H,2-3,6,8-9H2,1H3/t14-/m1/s1. The molecule has 0 spiro atoms. The highest BCUT2D eigenvalue weighted by Crippen LogP contribution is 2.23. The van der Waals surface area contributed by atoms with E-state index in [0.29, 0.717) is 35.4 Å². The van der Waals surface area contributed by atoms with Gasteiger partial charge in [-0.05, 0) is 37.9 Å². The second kappa shape index (κ2) is 6.72. The van der Waals surface area contributed by atoms with Crippen molar-refractivity contribution in [3.63, 3.8) is 0 Å². The molecule has 1 aliphatic rings. The van der Waals surface area contributed by atoms with Crippen molar-refractivity contribution < 1.29 is 8.91 Å². The first kappa shape index (κ1) is 15.9. The summed E-state index contributed by atoms with van der Waals surface area (Å²) < 4.78 is 20.9. The van der Waals surface area contributed by atoms with E-state index in [2.05, 4.69) is 25.1 Å². The summed E-state index contributed by atoms with van der Waals surface area (Å²) in [7, 11) is 0. The quantitative estimate of drug-likeness (QED) is 0.709. The van der Waals surface area contributed by atoms with E-state index in [1.165, 1.54) is 6.07 Å². The fraction of sp³-hybridized carbons (Fsp3) is 0.412. The van der Waals surface area contributed by atoms with Crippen LogP contribution in [0.15, 0.2) is 35.4 Å². The lowest BCUT2D eigenvalue weighted by Crippen LogP contribution is -2.32. The molecule has 25 heavy (non-hydrogen) atoms. The van der Waals surface area contributed by atoms with Gasteiger partial charge in [-0.3, -0.25) is 9.58 Å². The van der Waals surface area contributed by atoms with E-state index in [-0.39, 0.29) is 5.82 Å². The van der Waals surface area contributed by atoms with Crippen LogP contribution >= 0.6 is 0 Å². The van der Waals surface area contributed by atoms with Crippen LogP contribution in [0, 0.1) is 12.7 Å². The molecule has 8 heteroatoms. The molecule has 1 atom stereocenters. The molecular formula is C17H19FN6O. The average molecular weight is 342 g/mol. The number of likely N-dealkylation sites (tertiary alicyclic amines) is 1. The molecule has 7 nitrogen and oxygen atoms in total. The highest BCUT2D eigenvalue weighted by atomic mass is 19.1. The summed E-state index contributed by atoms with van der Waals surface area (Å²) in [5.41, 5.74) is 1.22. The van der Waals surface area contributed by atoms with Crippen LogP contribution < -0.4 is 0 Å². The van der Waals surface area contributed by atoms with Gasteiger partial charge in [-0.25, -0.2) is 9.37 Å². The molecular weight excluding hydrogens is 323 g/mol. The van der Waals surface area contributed by atoms with Crippen molar-refractivity contribution in [2.24, 2.45) is 0 Å². The molecule has 0 unspecified atom stereocenters. The molecule has 2 aromatic heterocycles. The molecule has 0 aliphatic carbocycles. The van der Waals surface area contributed by atoms with Crippen LogP contribution in [0.5, 0.6) is 0 Å². The zero-order chi connectivity index (χ0) is 17.2. The highest BCUT2D eigenvalue weighted by molar-refractivity contribution is 5.54. The number of nitrogens with zero attached hydrogens (tertiary/aromatic N) is 6.